The fourth-order valence-electron chi connectivity index (χ4n) is 7.52. The molecule has 4 aliphatic carbocycles. The lowest BCUT2D eigenvalue weighted by atomic mass is 9.45. The van der Waals surface area contributed by atoms with Crippen LogP contribution >= 0.6 is 0 Å². The van der Waals surface area contributed by atoms with Gasteiger partial charge in [-0.2, -0.15) is 0 Å². The third-order valence-corrected chi connectivity index (χ3v) is 9.33. The Kier molecular flexibility index (Phi) is 4.83. The molecule has 0 aromatic carbocycles. The summed E-state index contributed by atoms with van der Waals surface area (Å²) in [7, 11) is 0. The van der Waals surface area contributed by atoms with Crippen LogP contribution in [0.5, 0.6) is 0 Å². The zero-order chi connectivity index (χ0) is 20.3. The molecule has 0 unspecified atom stereocenters. The number of ketones is 2. The van der Waals surface area contributed by atoms with Gasteiger partial charge >= 0.3 is 5.97 Å². The lowest BCUT2D eigenvalue weighted by Crippen LogP contribution is -2.55. The van der Waals surface area contributed by atoms with Crippen LogP contribution in [0.25, 0.3) is 0 Å². The number of aliphatic carboxylic acids is 1. The summed E-state index contributed by atoms with van der Waals surface area (Å²) in [5.41, 5.74) is 1.06. The van der Waals surface area contributed by atoms with Gasteiger partial charge in [-0.05, 0) is 74.0 Å². The van der Waals surface area contributed by atoms with Crippen LogP contribution in [0.3, 0.4) is 0 Å². The minimum Gasteiger partial charge on any atom is -0.481 e. The summed E-state index contributed by atoms with van der Waals surface area (Å²) in [5, 5.41) is 9.06. The van der Waals surface area contributed by atoms with E-state index < -0.39 is 11.4 Å². The molecule has 28 heavy (non-hydrogen) atoms. The fraction of sp³-hybridized carbons (Fsp3) is 0.792. The highest BCUT2D eigenvalue weighted by atomic mass is 16.4. The second-order valence-corrected chi connectivity index (χ2v) is 10.5. The molecule has 4 heteroatoms. The van der Waals surface area contributed by atoms with Crippen molar-refractivity contribution >= 4 is 17.5 Å². The van der Waals surface area contributed by atoms with E-state index in [0.717, 1.165) is 25.7 Å². The number of rotatable bonds is 4. The average Bonchev–Trinajstić information content (AvgIpc) is 3.00. The number of fused-ring (bicyclic) bond motifs is 5. The van der Waals surface area contributed by atoms with Crippen LogP contribution in [0, 0.1) is 40.4 Å². The quantitative estimate of drug-likeness (QED) is 0.704. The number of carbonyl (C=O) groups excluding carboxylic acids is 2. The van der Waals surface area contributed by atoms with Crippen molar-refractivity contribution in [1.82, 2.24) is 0 Å². The maximum absolute atomic E-state index is 13.6. The lowest BCUT2D eigenvalue weighted by Gasteiger charge is -2.58. The molecular formula is C24H34O4. The third kappa shape index (κ3) is 2.81. The molecule has 0 aromatic heterocycles. The van der Waals surface area contributed by atoms with Crippen LogP contribution in [-0.4, -0.2) is 22.6 Å². The van der Waals surface area contributed by atoms with Gasteiger partial charge in [-0.25, -0.2) is 0 Å². The molecule has 0 heterocycles. The van der Waals surface area contributed by atoms with Crippen molar-refractivity contribution in [3.8, 4) is 0 Å². The van der Waals surface area contributed by atoms with Crippen molar-refractivity contribution < 1.29 is 19.5 Å². The van der Waals surface area contributed by atoms with Gasteiger partial charge in [0.15, 0.2) is 0 Å². The van der Waals surface area contributed by atoms with E-state index >= 15 is 0 Å². The van der Waals surface area contributed by atoms with E-state index in [-0.39, 0.29) is 23.7 Å². The van der Waals surface area contributed by atoms with Crippen LogP contribution in [0.1, 0.15) is 78.6 Å². The SMILES string of the molecule is C[C@H](CCC(=O)O)[C@H]1CC=C2[C@@H]3CC[C@@H]4CC(=O)CC[C@]4(C)[C@H]3CC(=O)[C@@]21C. The Morgan fingerprint density at radius 1 is 1.25 bits per heavy atom. The largest absolute Gasteiger partial charge is 0.481 e. The number of allylic oxidation sites excluding steroid dienone is 2. The maximum Gasteiger partial charge on any atom is 0.303 e. The van der Waals surface area contributed by atoms with E-state index in [1.54, 1.807) is 0 Å². The van der Waals surface area contributed by atoms with E-state index in [1.165, 1.54) is 5.57 Å². The Balaban J connectivity index is 1.60. The molecule has 154 valence electrons. The zero-order valence-corrected chi connectivity index (χ0v) is 17.5. The summed E-state index contributed by atoms with van der Waals surface area (Å²) in [4.78, 5) is 36.6. The molecule has 1 N–H and O–H groups in total. The lowest BCUT2D eigenvalue weighted by molar-refractivity contribution is -0.143. The van der Waals surface area contributed by atoms with Gasteiger partial charge in [0.25, 0.3) is 0 Å². The van der Waals surface area contributed by atoms with Gasteiger partial charge in [0.1, 0.15) is 11.6 Å². The van der Waals surface area contributed by atoms with E-state index in [2.05, 4.69) is 26.8 Å². The van der Waals surface area contributed by atoms with Crippen molar-refractivity contribution in [2.75, 3.05) is 0 Å². The Morgan fingerprint density at radius 2 is 2.00 bits per heavy atom. The highest BCUT2D eigenvalue weighted by molar-refractivity contribution is 5.90. The van der Waals surface area contributed by atoms with Crippen LogP contribution in [0.2, 0.25) is 0 Å². The molecule has 0 saturated heterocycles. The Hall–Kier alpha value is -1.45. The molecule has 0 aliphatic heterocycles. The number of hydrogen-bond acceptors (Lipinski definition) is 3. The summed E-state index contributed by atoms with van der Waals surface area (Å²) in [5.74, 6) is 1.76. The highest BCUT2D eigenvalue weighted by Crippen LogP contribution is 2.65. The van der Waals surface area contributed by atoms with Gasteiger partial charge in [-0.3, -0.25) is 14.4 Å². The van der Waals surface area contributed by atoms with E-state index in [0.29, 0.717) is 55.0 Å². The van der Waals surface area contributed by atoms with Gasteiger partial charge in [0, 0.05) is 25.7 Å². The topological polar surface area (TPSA) is 71.4 Å². The van der Waals surface area contributed by atoms with Gasteiger partial charge in [0.2, 0.25) is 0 Å². The van der Waals surface area contributed by atoms with Gasteiger partial charge in [0.05, 0.1) is 5.41 Å². The fourth-order valence-corrected chi connectivity index (χ4v) is 7.52. The number of carbonyl (C=O) groups is 3. The standard InChI is InChI=1S/C24H34O4/c1-14(4-9-22(27)28)18-7-8-19-17-6-5-15-12-16(25)10-11-23(15,2)20(17)13-21(26)24(18,19)3/h8,14-15,17-18,20H,4-7,9-13H2,1-3H3,(H,27,28)/t14-,15-,17+,18-,20+,23+,24-/m1/s1. The van der Waals surface area contributed by atoms with Gasteiger partial charge in [-0.1, -0.05) is 25.5 Å². The molecule has 0 radical (unpaired) electrons. The monoisotopic (exact) mass is 386 g/mol. The molecule has 3 fully saturated rings. The zero-order valence-electron chi connectivity index (χ0n) is 17.5. The summed E-state index contributed by atoms with van der Waals surface area (Å²) >= 11 is 0. The van der Waals surface area contributed by atoms with Crippen molar-refractivity contribution in [3.63, 3.8) is 0 Å². The summed E-state index contributed by atoms with van der Waals surface area (Å²) < 4.78 is 0. The first-order valence-corrected chi connectivity index (χ1v) is 11.1. The summed E-state index contributed by atoms with van der Waals surface area (Å²) in [6.07, 6.45) is 9.23. The molecule has 4 aliphatic rings. The predicted octanol–water partition coefficient (Wildman–Crippen LogP) is 4.81. The minimum atomic E-state index is -0.753. The first kappa shape index (κ1) is 19.8. The molecule has 0 amide bonds. The molecular weight excluding hydrogens is 352 g/mol. The van der Waals surface area contributed by atoms with Crippen LogP contribution in [0.15, 0.2) is 11.6 Å². The molecule has 0 bridgehead atoms. The van der Waals surface area contributed by atoms with Crippen LogP contribution < -0.4 is 0 Å². The predicted molar refractivity (Wildman–Crippen MR) is 107 cm³/mol. The van der Waals surface area contributed by atoms with Crippen LogP contribution in [-0.2, 0) is 14.4 Å². The highest BCUT2D eigenvalue weighted by Gasteiger charge is 2.61. The van der Waals surface area contributed by atoms with Crippen molar-refractivity contribution in [1.29, 1.82) is 0 Å². The molecule has 0 spiro atoms. The summed E-state index contributed by atoms with van der Waals surface area (Å²) in [6, 6.07) is 0. The third-order valence-electron chi connectivity index (χ3n) is 9.33. The molecule has 4 nitrogen and oxygen atoms in total. The van der Waals surface area contributed by atoms with Gasteiger partial charge in [-0.15, -0.1) is 0 Å². The molecule has 3 saturated carbocycles. The number of hydrogen-bond donors (Lipinski definition) is 1. The van der Waals surface area contributed by atoms with Crippen molar-refractivity contribution in [2.45, 2.75) is 78.6 Å². The maximum atomic E-state index is 13.6. The Bertz CT molecular complexity index is 737. The van der Waals surface area contributed by atoms with E-state index in [1.807, 2.05) is 0 Å². The summed E-state index contributed by atoms with van der Waals surface area (Å²) in [6.45, 7) is 6.62. The second-order valence-electron chi connectivity index (χ2n) is 10.5. The normalized spacial score (nSPS) is 43.6. The molecule has 7 atom stereocenters. The first-order valence-electron chi connectivity index (χ1n) is 11.1. The first-order chi connectivity index (χ1) is 13.2. The second kappa shape index (κ2) is 6.81. The number of Topliss-reactive ketones (excluding diaryl/α,β-unsaturated/α-hetero) is 2. The van der Waals surface area contributed by atoms with E-state index in [9.17, 15) is 14.4 Å². The smallest absolute Gasteiger partial charge is 0.303 e. The van der Waals surface area contributed by atoms with E-state index in [4.69, 9.17) is 5.11 Å². The van der Waals surface area contributed by atoms with Crippen molar-refractivity contribution in [3.05, 3.63) is 11.6 Å². The Morgan fingerprint density at radius 3 is 2.71 bits per heavy atom. The Labute approximate surface area is 168 Å². The molecule has 0 aromatic rings. The van der Waals surface area contributed by atoms with Crippen LogP contribution in [0.4, 0.5) is 0 Å². The molecule has 4 rings (SSSR count). The van der Waals surface area contributed by atoms with Crippen molar-refractivity contribution in [2.24, 2.45) is 40.4 Å². The number of carboxylic acid groups (broad SMARTS) is 1. The minimum absolute atomic E-state index is 0.113. The average molecular weight is 387 g/mol. The number of carboxylic acids is 1. The van der Waals surface area contributed by atoms with Gasteiger partial charge < -0.3 is 5.11 Å².